The molecule has 0 aromatic heterocycles. The molecule has 1 fully saturated rings. The van der Waals surface area contributed by atoms with E-state index >= 15 is 0 Å². The first-order valence-corrected chi connectivity index (χ1v) is 17.0. The van der Waals surface area contributed by atoms with Crippen LogP contribution in [0.15, 0.2) is 77.7 Å². The zero-order chi connectivity index (χ0) is 31.7. The first-order valence-electron chi connectivity index (χ1n) is 15.6. The zero-order valence-electron chi connectivity index (χ0n) is 26.3. The number of anilines is 1. The molecule has 2 amide bonds. The second kappa shape index (κ2) is 15.2. The van der Waals surface area contributed by atoms with Crippen LogP contribution in [-0.4, -0.2) is 50.4 Å². The lowest BCUT2D eigenvalue weighted by Gasteiger charge is -2.34. The highest BCUT2D eigenvalue weighted by atomic mass is 32.2. The monoisotopic (exact) mass is 619 g/mol. The Balaban J connectivity index is 1.74. The van der Waals surface area contributed by atoms with Gasteiger partial charge in [0.15, 0.2) is 0 Å². The van der Waals surface area contributed by atoms with E-state index in [-0.39, 0.29) is 29.1 Å². The number of sulfonamides is 1. The molecule has 0 heterocycles. The van der Waals surface area contributed by atoms with Gasteiger partial charge in [0.1, 0.15) is 18.3 Å². The summed E-state index contributed by atoms with van der Waals surface area (Å²) in [6.07, 6.45) is 5.53. The number of hydrogen-bond acceptors (Lipinski definition) is 5. The third-order valence-electron chi connectivity index (χ3n) is 8.13. The number of carbonyl (C=O) groups excluding carboxylic acids is 2. The van der Waals surface area contributed by atoms with Crippen LogP contribution in [-0.2, 0) is 26.2 Å². The fourth-order valence-corrected chi connectivity index (χ4v) is 7.07. The van der Waals surface area contributed by atoms with Crippen molar-refractivity contribution in [2.24, 2.45) is 0 Å². The Bertz CT molecular complexity index is 1500. The van der Waals surface area contributed by atoms with Crippen LogP contribution in [0.5, 0.6) is 5.75 Å². The second-order valence-corrected chi connectivity index (χ2v) is 13.4. The van der Waals surface area contributed by atoms with Crippen LogP contribution in [0.4, 0.5) is 5.69 Å². The van der Waals surface area contributed by atoms with Crippen LogP contribution >= 0.6 is 0 Å². The maximum absolute atomic E-state index is 14.4. The molecule has 1 N–H and O–H groups in total. The highest BCUT2D eigenvalue weighted by Crippen LogP contribution is 2.33. The number of para-hydroxylation sites is 2. The summed E-state index contributed by atoms with van der Waals surface area (Å²) in [6, 6.07) is 20.5. The van der Waals surface area contributed by atoms with Gasteiger partial charge in [-0.3, -0.25) is 13.9 Å². The molecule has 1 aliphatic carbocycles. The van der Waals surface area contributed by atoms with Crippen LogP contribution in [0, 0.1) is 13.8 Å². The Kier molecular flexibility index (Phi) is 11.4. The Labute approximate surface area is 262 Å². The molecule has 1 atom stereocenters. The smallest absolute Gasteiger partial charge is 0.264 e. The van der Waals surface area contributed by atoms with E-state index in [9.17, 15) is 18.0 Å². The number of amides is 2. The van der Waals surface area contributed by atoms with Crippen molar-refractivity contribution in [3.63, 3.8) is 0 Å². The van der Waals surface area contributed by atoms with E-state index in [1.807, 2.05) is 52.0 Å². The van der Waals surface area contributed by atoms with Crippen molar-refractivity contribution in [1.82, 2.24) is 10.2 Å². The fourth-order valence-electron chi connectivity index (χ4n) is 5.65. The molecule has 0 saturated heterocycles. The van der Waals surface area contributed by atoms with Crippen molar-refractivity contribution >= 4 is 27.5 Å². The number of aryl methyl sites for hydroxylation is 2. The van der Waals surface area contributed by atoms with E-state index in [0.29, 0.717) is 18.8 Å². The molecule has 0 aliphatic heterocycles. The van der Waals surface area contributed by atoms with Gasteiger partial charge < -0.3 is 15.0 Å². The van der Waals surface area contributed by atoms with Crippen molar-refractivity contribution in [3.8, 4) is 5.75 Å². The van der Waals surface area contributed by atoms with E-state index in [2.05, 4.69) is 5.32 Å². The summed E-state index contributed by atoms with van der Waals surface area (Å²) < 4.78 is 35.3. The van der Waals surface area contributed by atoms with E-state index in [0.717, 1.165) is 53.1 Å². The maximum atomic E-state index is 14.4. The number of nitrogens with one attached hydrogen (secondary N) is 1. The van der Waals surface area contributed by atoms with Crippen LogP contribution in [0.3, 0.4) is 0 Å². The molecule has 44 heavy (non-hydrogen) atoms. The highest BCUT2D eigenvalue weighted by molar-refractivity contribution is 7.92. The molecule has 0 unspecified atom stereocenters. The Morgan fingerprint density at radius 2 is 1.50 bits per heavy atom. The predicted octanol–water partition coefficient (Wildman–Crippen LogP) is 6.15. The average molecular weight is 620 g/mol. The molecule has 3 aromatic rings. The minimum atomic E-state index is -4.19. The Morgan fingerprint density at radius 3 is 2.11 bits per heavy atom. The largest absolute Gasteiger partial charge is 0.492 e. The van der Waals surface area contributed by atoms with Gasteiger partial charge in [0.25, 0.3) is 10.0 Å². The summed E-state index contributed by atoms with van der Waals surface area (Å²) in [7, 11) is -4.19. The number of ether oxygens (including phenoxy) is 1. The summed E-state index contributed by atoms with van der Waals surface area (Å²) in [4.78, 5) is 29.7. The topological polar surface area (TPSA) is 96.0 Å². The van der Waals surface area contributed by atoms with Crippen LogP contribution in [0.2, 0.25) is 0 Å². The molecule has 9 heteroatoms. The molecule has 0 radical (unpaired) electrons. The first-order chi connectivity index (χ1) is 21.1. The van der Waals surface area contributed by atoms with Gasteiger partial charge in [-0.15, -0.1) is 0 Å². The molecular weight excluding hydrogens is 574 g/mol. The molecule has 0 bridgehead atoms. The van der Waals surface area contributed by atoms with Gasteiger partial charge in [-0.2, -0.15) is 0 Å². The minimum Gasteiger partial charge on any atom is -0.492 e. The van der Waals surface area contributed by atoms with Gasteiger partial charge in [0.2, 0.25) is 11.8 Å². The van der Waals surface area contributed by atoms with Crippen molar-refractivity contribution in [2.75, 3.05) is 17.5 Å². The maximum Gasteiger partial charge on any atom is 0.264 e. The van der Waals surface area contributed by atoms with E-state index < -0.39 is 28.5 Å². The van der Waals surface area contributed by atoms with Gasteiger partial charge >= 0.3 is 0 Å². The SMILES string of the molecule is CCOc1ccccc1N(CC(=O)N(Cc1ccc(C)cc1)[C@H](CC)C(=O)NC1CCCCC1)S(=O)(=O)c1ccc(C)cc1. The summed E-state index contributed by atoms with van der Waals surface area (Å²) in [5.74, 6) is -0.327. The lowest BCUT2D eigenvalue weighted by atomic mass is 9.95. The Hall–Kier alpha value is -3.85. The van der Waals surface area contributed by atoms with Gasteiger partial charge in [0, 0.05) is 12.6 Å². The molecular formula is C35H45N3O5S. The van der Waals surface area contributed by atoms with Crippen LogP contribution < -0.4 is 14.4 Å². The number of rotatable bonds is 13. The number of benzene rings is 3. The van der Waals surface area contributed by atoms with Crippen LogP contribution in [0.1, 0.15) is 69.1 Å². The number of nitrogens with zero attached hydrogens (tertiary/aromatic N) is 2. The second-order valence-electron chi connectivity index (χ2n) is 11.5. The van der Waals surface area contributed by atoms with Gasteiger partial charge in [-0.25, -0.2) is 8.42 Å². The molecule has 4 rings (SSSR count). The summed E-state index contributed by atoms with van der Waals surface area (Å²) in [6.45, 7) is 7.56. The van der Waals surface area contributed by atoms with Gasteiger partial charge in [-0.1, -0.05) is 85.8 Å². The highest BCUT2D eigenvalue weighted by Gasteiger charge is 2.35. The Morgan fingerprint density at radius 1 is 0.886 bits per heavy atom. The molecule has 3 aromatic carbocycles. The quantitative estimate of drug-likeness (QED) is 0.248. The normalized spacial score (nSPS) is 14.5. The lowest BCUT2D eigenvalue weighted by Crippen LogP contribution is -2.54. The van der Waals surface area contributed by atoms with E-state index in [1.54, 1.807) is 48.5 Å². The van der Waals surface area contributed by atoms with Gasteiger partial charge in [-0.05, 0) is 69.9 Å². The van der Waals surface area contributed by atoms with Crippen molar-refractivity contribution in [3.05, 3.63) is 89.5 Å². The summed E-state index contributed by atoms with van der Waals surface area (Å²) in [5, 5.41) is 3.19. The van der Waals surface area contributed by atoms with E-state index in [1.165, 1.54) is 4.90 Å². The van der Waals surface area contributed by atoms with Crippen molar-refractivity contribution in [1.29, 1.82) is 0 Å². The standard InChI is InChI=1S/C35H45N3O5S/c1-5-31(35(40)36-29-12-8-7-9-13-29)37(24-28-20-16-26(3)17-21-28)34(39)25-38(32-14-10-11-15-33(32)43-6-2)44(41,42)30-22-18-27(4)19-23-30/h10-11,14-23,29,31H,5-9,12-13,24-25H2,1-4H3,(H,36,40)/t31-/m1/s1. The third-order valence-corrected chi connectivity index (χ3v) is 9.91. The van der Waals surface area contributed by atoms with Crippen molar-refractivity contribution in [2.45, 2.75) is 89.7 Å². The van der Waals surface area contributed by atoms with Crippen LogP contribution in [0.25, 0.3) is 0 Å². The minimum absolute atomic E-state index is 0.0642. The number of carbonyl (C=O) groups is 2. The van der Waals surface area contributed by atoms with E-state index in [4.69, 9.17) is 4.74 Å². The lowest BCUT2D eigenvalue weighted by molar-refractivity contribution is -0.140. The molecule has 1 aliphatic rings. The van der Waals surface area contributed by atoms with Crippen molar-refractivity contribution < 1.29 is 22.7 Å². The zero-order valence-corrected chi connectivity index (χ0v) is 27.1. The fraction of sp³-hybridized carbons (Fsp3) is 0.429. The predicted molar refractivity (Wildman–Crippen MR) is 174 cm³/mol. The number of hydrogen-bond donors (Lipinski definition) is 1. The summed E-state index contributed by atoms with van der Waals surface area (Å²) in [5.41, 5.74) is 3.12. The molecule has 1 saturated carbocycles. The molecule has 8 nitrogen and oxygen atoms in total. The summed E-state index contributed by atoms with van der Waals surface area (Å²) >= 11 is 0. The van der Waals surface area contributed by atoms with Gasteiger partial charge in [0.05, 0.1) is 17.2 Å². The first kappa shape index (κ1) is 33.1. The molecule has 0 spiro atoms. The molecule has 236 valence electrons. The third kappa shape index (κ3) is 8.20. The average Bonchev–Trinajstić information content (AvgIpc) is 3.02.